The van der Waals surface area contributed by atoms with Crippen LogP contribution >= 0.6 is 0 Å². The fourth-order valence-electron chi connectivity index (χ4n) is 3.24. The number of hydrogen-bond acceptors (Lipinski definition) is 1. The number of para-hydroxylation sites is 1. The third-order valence-electron chi connectivity index (χ3n) is 4.37. The molecule has 2 heterocycles. The Bertz CT molecular complexity index is 886. The van der Waals surface area contributed by atoms with E-state index in [1.54, 1.807) is 6.07 Å². The monoisotopic (exact) mass is 363 g/mol. The molecule has 0 saturated carbocycles. The summed E-state index contributed by atoms with van der Waals surface area (Å²) in [7, 11) is 0. The van der Waals surface area contributed by atoms with Gasteiger partial charge in [-0.25, -0.2) is 0 Å². The lowest BCUT2D eigenvalue weighted by Crippen LogP contribution is -3.00. The summed E-state index contributed by atoms with van der Waals surface area (Å²) < 4.78 is 41.2. The lowest BCUT2D eigenvalue weighted by atomic mass is 10.0. The molecule has 0 saturated heterocycles. The number of halogens is 4. The minimum absolute atomic E-state index is 0. The lowest BCUT2D eigenvalue weighted by Gasteiger charge is -2.19. The van der Waals surface area contributed by atoms with Gasteiger partial charge in [0.1, 0.15) is 0 Å². The van der Waals surface area contributed by atoms with Gasteiger partial charge in [0.05, 0.1) is 11.6 Å². The molecule has 0 amide bonds. The van der Waals surface area contributed by atoms with Gasteiger partial charge in [0.15, 0.2) is 0 Å². The van der Waals surface area contributed by atoms with Crippen LogP contribution < -0.4 is 17.7 Å². The van der Waals surface area contributed by atoms with Gasteiger partial charge in [0.2, 0.25) is 0 Å². The van der Waals surface area contributed by atoms with E-state index in [9.17, 15) is 13.2 Å². The quantitative estimate of drug-likeness (QED) is 0.696. The first-order valence-corrected chi connectivity index (χ1v) is 7.70. The molecule has 1 unspecified atom stereocenters. The Morgan fingerprint density at radius 1 is 0.960 bits per heavy atom. The molecule has 1 aliphatic heterocycles. The number of fused-ring (bicyclic) bond motifs is 3. The van der Waals surface area contributed by atoms with Gasteiger partial charge >= 0.3 is 6.18 Å². The number of aromatic nitrogens is 1. The molecule has 0 bridgehead atoms. The van der Waals surface area contributed by atoms with Crippen LogP contribution in [0, 0.1) is 0 Å². The van der Waals surface area contributed by atoms with E-state index in [-0.39, 0.29) is 18.4 Å². The lowest BCUT2D eigenvalue weighted by molar-refractivity contribution is -0.137. The Balaban J connectivity index is 0.00000182. The van der Waals surface area contributed by atoms with Gasteiger partial charge in [0.25, 0.3) is 0 Å². The van der Waals surface area contributed by atoms with Gasteiger partial charge < -0.3 is 22.3 Å². The standard InChI is InChI=1S/C19H15F3N2.ClH/c20-19(21,22)15-7-3-6-13(11-15)18-17-9-4-10-24(17)16-8-2-1-5-14(16)12-23-18;/h1-11,18,23H,12H2;1H/p-1. The Hall–Kier alpha value is -2.24. The zero-order valence-electron chi connectivity index (χ0n) is 13.1. The third-order valence-corrected chi connectivity index (χ3v) is 4.37. The van der Waals surface area contributed by atoms with Crippen LogP contribution in [0.3, 0.4) is 0 Å². The minimum atomic E-state index is -4.34. The van der Waals surface area contributed by atoms with E-state index in [4.69, 9.17) is 0 Å². The number of nitrogens with zero attached hydrogens (tertiary/aromatic N) is 1. The molecule has 1 aliphatic rings. The van der Waals surface area contributed by atoms with Gasteiger partial charge in [0, 0.05) is 24.1 Å². The van der Waals surface area contributed by atoms with E-state index < -0.39 is 11.7 Å². The van der Waals surface area contributed by atoms with Crippen LogP contribution in [0.2, 0.25) is 0 Å². The third kappa shape index (κ3) is 3.17. The van der Waals surface area contributed by atoms with Crippen molar-refractivity contribution in [2.24, 2.45) is 0 Å². The average molecular weight is 364 g/mol. The maximum Gasteiger partial charge on any atom is 0.416 e. The molecule has 0 spiro atoms. The normalized spacial score (nSPS) is 16.4. The molecule has 1 N–H and O–H groups in total. The summed E-state index contributed by atoms with van der Waals surface area (Å²) in [5.41, 5.74) is 3.09. The van der Waals surface area contributed by atoms with Gasteiger partial charge in [-0.1, -0.05) is 30.3 Å². The molecule has 0 radical (unpaired) electrons. The van der Waals surface area contributed by atoms with Crippen LogP contribution in [0.25, 0.3) is 5.69 Å². The summed E-state index contributed by atoms with van der Waals surface area (Å²) >= 11 is 0. The van der Waals surface area contributed by atoms with Crippen molar-refractivity contribution in [3.8, 4) is 5.69 Å². The predicted octanol–water partition coefficient (Wildman–Crippen LogP) is 1.69. The molecule has 130 valence electrons. The summed E-state index contributed by atoms with van der Waals surface area (Å²) in [6.07, 6.45) is -2.40. The van der Waals surface area contributed by atoms with Crippen LogP contribution in [0.1, 0.15) is 28.4 Å². The van der Waals surface area contributed by atoms with Crippen molar-refractivity contribution >= 4 is 0 Å². The first-order chi connectivity index (χ1) is 11.5. The SMILES string of the molecule is FC(F)(F)c1cccc(C2NCc3ccccc3-n3cccc32)c1.[Cl-]. The Morgan fingerprint density at radius 3 is 2.56 bits per heavy atom. The fourth-order valence-corrected chi connectivity index (χ4v) is 3.24. The van der Waals surface area contributed by atoms with Crippen molar-refractivity contribution in [2.45, 2.75) is 18.8 Å². The summed E-state index contributed by atoms with van der Waals surface area (Å²) in [6.45, 7) is 0.596. The first-order valence-electron chi connectivity index (χ1n) is 7.70. The number of alkyl halides is 3. The van der Waals surface area contributed by atoms with E-state index in [1.807, 2.05) is 47.2 Å². The molecule has 0 aliphatic carbocycles. The molecule has 4 rings (SSSR count). The second-order valence-electron chi connectivity index (χ2n) is 5.87. The van der Waals surface area contributed by atoms with Crippen LogP contribution in [-0.2, 0) is 12.7 Å². The van der Waals surface area contributed by atoms with E-state index >= 15 is 0 Å². The summed E-state index contributed by atoms with van der Waals surface area (Å²) in [6, 6.07) is 17.1. The number of hydrogen-bond donors (Lipinski definition) is 1. The average Bonchev–Trinajstić information content (AvgIpc) is 2.99. The second kappa shape index (κ2) is 6.58. The molecule has 2 nitrogen and oxygen atoms in total. The molecular weight excluding hydrogens is 349 g/mol. The van der Waals surface area contributed by atoms with Crippen molar-refractivity contribution in [2.75, 3.05) is 0 Å². The van der Waals surface area contributed by atoms with Crippen molar-refractivity contribution in [3.63, 3.8) is 0 Å². The van der Waals surface area contributed by atoms with Crippen molar-refractivity contribution in [1.82, 2.24) is 9.88 Å². The van der Waals surface area contributed by atoms with Gasteiger partial charge in [-0.05, 0) is 41.5 Å². The van der Waals surface area contributed by atoms with Gasteiger partial charge in [-0.2, -0.15) is 13.2 Å². The number of nitrogens with one attached hydrogen (secondary N) is 1. The van der Waals surface area contributed by atoms with E-state index in [0.717, 1.165) is 23.0 Å². The second-order valence-corrected chi connectivity index (χ2v) is 5.87. The highest BCUT2D eigenvalue weighted by Gasteiger charge is 2.31. The fraction of sp³-hybridized carbons (Fsp3) is 0.158. The van der Waals surface area contributed by atoms with Gasteiger partial charge in [-0.15, -0.1) is 0 Å². The molecule has 1 atom stereocenters. The highest BCUT2D eigenvalue weighted by atomic mass is 35.5. The van der Waals surface area contributed by atoms with Crippen molar-refractivity contribution < 1.29 is 25.6 Å². The smallest absolute Gasteiger partial charge is 0.416 e. The molecule has 0 fully saturated rings. The van der Waals surface area contributed by atoms with Crippen molar-refractivity contribution in [1.29, 1.82) is 0 Å². The largest absolute Gasteiger partial charge is 1.00 e. The highest BCUT2D eigenvalue weighted by Crippen LogP contribution is 2.34. The zero-order chi connectivity index (χ0) is 16.7. The predicted molar refractivity (Wildman–Crippen MR) is 85.9 cm³/mol. The summed E-state index contributed by atoms with van der Waals surface area (Å²) in [5.74, 6) is 0. The molecule has 6 heteroatoms. The molecule has 1 aromatic heterocycles. The summed E-state index contributed by atoms with van der Waals surface area (Å²) in [5, 5.41) is 3.39. The molecule has 25 heavy (non-hydrogen) atoms. The number of benzene rings is 2. The summed E-state index contributed by atoms with van der Waals surface area (Å²) in [4.78, 5) is 0. The Labute approximate surface area is 149 Å². The number of rotatable bonds is 1. The molecule has 2 aromatic carbocycles. The molecular formula is C19H15ClF3N2-. The van der Waals surface area contributed by atoms with E-state index in [1.165, 1.54) is 12.1 Å². The van der Waals surface area contributed by atoms with Crippen LogP contribution in [-0.4, -0.2) is 4.57 Å². The van der Waals surface area contributed by atoms with Crippen molar-refractivity contribution in [3.05, 3.63) is 89.2 Å². The van der Waals surface area contributed by atoms with Crippen LogP contribution in [0.15, 0.2) is 66.9 Å². The van der Waals surface area contributed by atoms with Crippen LogP contribution in [0.4, 0.5) is 13.2 Å². The maximum absolute atomic E-state index is 13.0. The highest BCUT2D eigenvalue weighted by molar-refractivity contribution is 5.47. The van der Waals surface area contributed by atoms with E-state index in [0.29, 0.717) is 12.1 Å². The minimum Gasteiger partial charge on any atom is -1.00 e. The Morgan fingerprint density at radius 2 is 1.76 bits per heavy atom. The zero-order valence-corrected chi connectivity index (χ0v) is 13.9. The van der Waals surface area contributed by atoms with Crippen LogP contribution in [0.5, 0.6) is 0 Å². The maximum atomic E-state index is 13.0. The van der Waals surface area contributed by atoms with Gasteiger partial charge in [-0.3, -0.25) is 0 Å². The van der Waals surface area contributed by atoms with E-state index in [2.05, 4.69) is 5.32 Å². The first kappa shape index (κ1) is 17.6. The topological polar surface area (TPSA) is 17.0 Å². The Kier molecular flexibility index (Phi) is 4.62. The molecule has 3 aromatic rings.